The first-order valence-electron chi connectivity index (χ1n) is 5.06. The smallest absolute Gasteiger partial charge is 0.291 e. The van der Waals surface area contributed by atoms with E-state index in [2.05, 4.69) is 5.32 Å². The molecule has 1 heterocycles. The summed E-state index contributed by atoms with van der Waals surface area (Å²) >= 11 is 17.4. The van der Waals surface area contributed by atoms with Crippen molar-refractivity contribution >= 4 is 40.7 Å². The minimum Gasteiger partial charge on any atom is -0.459 e. The summed E-state index contributed by atoms with van der Waals surface area (Å²) in [7, 11) is 0. The van der Waals surface area contributed by atoms with Gasteiger partial charge in [-0.3, -0.25) is 10.1 Å². The zero-order chi connectivity index (χ0) is 13.1. The number of quaternary nitrogens is 1. The number of halogens is 3. The lowest BCUT2D eigenvalue weighted by molar-refractivity contribution is -0.717. The van der Waals surface area contributed by atoms with Crippen LogP contribution in [0.4, 0.5) is 0 Å². The van der Waals surface area contributed by atoms with Gasteiger partial charge in [0.25, 0.3) is 9.70 Å². The summed E-state index contributed by atoms with van der Waals surface area (Å²) in [6, 6.07) is 3.33. The summed E-state index contributed by atoms with van der Waals surface area (Å²) in [6.45, 7) is 3.87. The van der Waals surface area contributed by atoms with Gasteiger partial charge in [0, 0.05) is 0 Å². The molecule has 1 aromatic heterocycles. The Labute approximate surface area is 115 Å². The number of hydrogen-bond donors (Lipinski definition) is 2. The Morgan fingerprint density at radius 3 is 2.53 bits per heavy atom. The molecule has 1 atom stereocenters. The first-order chi connectivity index (χ1) is 7.80. The summed E-state index contributed by atoms with van der Waals surface area (Å²) < 4.78 is 3.37. The standard InChI is InChI=1S/C10H13Cl3N2O2/c1-6(2)14-9(10(11,12)13)15-8(16)7-4-3-5-17-7/h3-6,9,14H,1-2H3,(H,15,16)/p+1/t9-/m0/s1. The van der Waals surface area contributed by atoms with E-state index in [1.165, 1.54) is 6.26 Å². The highest BCUT2D eigenvalue weighted by Gasteiger charge is 2.38. The summed E-state index contributed by atoms with van der Waals surface area (Å²) in [4.78, 5) is 11.7. The summed E-state index contributed by atoms with van der Waals surface area (Å²) in [5, 5.41) is 4.36. The predicted octanol–water partition coefficient (Wildman–Crippen LogP) is 1.68. The second kappa shape index (κ2) is 5.96. The number of amides is 1. The van der Waals surface area contributed by atoms with E-state index in [-0.39, 0.29) is 11.8 Å². The Bertz CT molecular complexity index is 360. The van der Waals surface area contributed by atoms with Crippen LogP contribution < -0.4 is 10.6 Å². The predicted molar refractivity (Wildman–Crippen MR) is 67.3 cm³/mol. The van der Waals surface area contributed by atoms with Crippen molar-refractivity contribution in [2.24, 2.45) is 0 Å². The van der Waals surface area contributed by atoms with Crippen molar-refractivity contribution in [3.8, 4) is 0 Å². The molecule has 0 saturated heterocycles. The molecule has 0 fully saturated rings. The van der Waals surface area contributed by atoms with Crippen molar-refractivity contribution in [2.75, 3.05) is 0 Å². The summed E-state index contributed by atoms with van der Waals surface area (Å²) in [6.07, 6.45) is 0.732. The van der Waals surface area contributed by atoms with Crippen LogP contribution in [0.3, 0.4) is 0 Å². The maximum atomic E-state index is 11.7. The van der Waals surface area contributed by atoms with Crippen LogP contribution in [-0.2, 0) is 0 Å². The van der Waals surface area contributed by atoms with Gasteiger partial charge < -0.3 is 9.73 Å². The Balaban J connectivity index is 2.70. The zero-order valence-electron chi connectivity index (χ0n) is 9.41. The van der Waals surface area contributed by atoms with Crippen LogP contribution in [0, 0.1) is 0 Å². The van der Waals surface area contributed by atoms with Crippen LogP contribution in [0.2, 0.25) is 0 Å². The normalized spacial score (nSPS) is 13.8. The monoisotopic (exact) mass is 299 g/mol. The fourth-order valence-corrected chi connectivity index (χ4v) is 1.63. The van der Waals surface area contributed by atoms with E-state index in [1.807, 2.05) is 13.8 Å². The molecule has 17 heavy (non-hydrogen) atoms. The molecule has 4 nitrogen and oxygen atoms in total. The molecule has 1 amide bonds. The third kappa shape index (κ3) is 4.76. The summed E-state index contributed by atoms with van der Waals surface area (Å²) in [5.41, 5.74) is 0. The molecule has 0 spiro atoms. The number of alkyl halides is 3. The van der Waals surface area contributed by atoms with Gasteiger partial charge in [-0.1, -0.05) is 34.8 Å². The highest BCUT2D eigenvalue weighted by Crippen LogP contribution is 2.27. The topological polar surface area (TPSA) is 58.9 Å². The van der Waals surface area contributed by atoms with E-state index < -0.39 is 15.9 Å². The SMILES string of the molecule is CC(C)[NH2+][C@@H](NC(=O)c1ccco1)C(Cl)(Cl)Cl. The Morgan fingerprint density at radius 2 is 2.12 bits per heavy atom. The number of furan rings is 1. The van der Waals surface area contributed by atoms with Gasteiger partial charge in [-0.2, -0.15) is 0 Å². The summed E-state index contributed by atoms with van der Waals surface area (Å²) in [5.74, 6) is -0.232. The molecule has 0 unspecified atom stereocenters. The van der Waals surface area contributed by atoms with Gasteiger partial charge in [0.2, 0.25) is 6.17 Å². The average molecular weight is 301 g/mol. The van der Waals surface area contributed by atoms with Gasteiger partial charge in [-0.15, -0.1) is 0 Å². The fourth-order valence-electron chi connectivity index (χ4n) is 1.24. The highest BCUT2D eigenvalue weighted by atomic mass is 35.6. The first-order valence-corrected chi connectivity index (χ1v) is 6.20. The molecule has 1 rings (SSSR count). The van der Waals surface area contributed by atoms with E-state index in [4.69, 9.17) is 39.2 Å². The Kier molecular flexibility index (Phi) is 5.13. The average Bonchev–Trinajstić information content (AvgIpc) is 2.66. The maximum absolute atomic E-state index is 11.7. The van der Waals surface area contributed by atoms with Crippen LogP contribution in [0.1, 0.15) is 24.4 Å². The molecule has 0 radical (unpaired) electrons. The quantitative estimate of drug-likeness (QED) is 0.656. The van der Waals surface area contributed by atoms with E-state index in [9.17, 15) is 4.79 Å². The molecule has 96 valence electrons. The molecule has 1 aromatic rings. The van der Waals surface area contributed by atoms with Gasteiger partial charge in [-0.05, 0) is 26.0 Å². The Hall–Kier alpha value is -0.420. The van der Waals surface area contributed by atoms with Crippen LogP contribution in [0.25, 0.3) is 0 Å². The van der Waals surface area contributed by atoms with Gasteiger partial charge in [0.1, 0.15) is 0 Å². The molecule has 7 heteroatoms. The van der Waals surface area contributed by atoms with Crippen molar-refractivity contribution in [1.29, 1.82) is 0 Å². The van der Waals surface area contributed by atoms with Crippen molar-refractivity contribution in [2.45, 2.75) is 29.8 Å². The maximum Gasteiger partial charge on any atom is 0.291 e. The van der Waals surface area contributed by atoms with E-state index in [1.54, 1.807) is 17.4 Å². The first kappa shape index (κ1) is 14.6. The van der Waals surface area contributed by atoms with Crippen LogP contribution in [0.15, 0.2) is 22.8 Å². The number of nitrogens with one attached hydrogen (secondary N) is 1. The second-order valence-corrected chi connectivity index (χ2v) is 6.28. The van der Waals surface area contributed by atoms with Crippen LogP contribution >= 0.6 is 34.8 Å². The number of nitrogens with two attached hydrogens (primary N) is 1. The van der Waals surface area contributed by atoms with E-state index in [0.717, 1.165) is 0 Å². The minimum absolute atomic E-state index is 0.174. The molecule has 3 N–H and O–H groups in total. The molecule has 0 saturated carbocycles. The third-order valence-corrected chi connectivity index (χ3v) is 2.67. The highest BCUT2D eigenvalue weighted by molar-refractivity contribution is 6.68. The van der Waals surface area contributed by atoms with E-state index in [0.29, 0.717) is 0 Å². The van der Waals surface area contributed by atoms with Crippen LogP contribution in [0.5, 0.6) is 0 Å². The largest absolute Gasteiger partial charge is 0.459 e. The van der Waals surface area contributed by atoms with E-state index >= 15 is 0 Å². The van der Waals surface area contributed by atoms with Crippen LogP contribution in [-0.4, -0.2) is 21.9 Å². The Morgan fingerprint density at radius 1 is 1.47 bits per heavy atom. The van der Waals surface area contributed by atoms with Gasteiger partial charge in [-0.25, -0.2) is 0 Å². The van der Waals surface area contributed by atoms with Crippen molar-refractivity contribution in [3.63, 3.8) is 0 Å². The number of rotatable bonds is 4. The van der Waals surface area contributed by atoms with Gasteiger partial charge in [0.15, 0.2) is 5.76 Å². The molecule has 0 aliphatic carbocycles. The lowest BCUT2D eigenvalue weighted by atomic mass is 10.3. The molecule has 0 bridgehead atoms. The van der Waals surface area contributed by atoms with Crippen molar-refractivity contribution < 1.29 is 14.5 Å². The fraction of sp³-hybridized carbons (Fsp3) is 0.500. The van der Waals surface area contributed by atoms with Crippen molar-refractivity contribution in [1.82, 2.24) is 5.32 Å². The molecular formula is C10H14Cl3N2O2+. The minimum atomic E-state index is -1.59. The molecule has 0 aliphatic rings. The van der Waals surface area contributed by atoms with Gasteiger partial charge >= 0.3 is 0 Å². The lowest BCUT2D eigenvalue weighted by Gasteiger charge is -2.24. The number of carbonyl (C=O) groups is 1. The van der Waals surface area contributed by atoms with Gasteiger partial charge in [0.05, 0.1) is 12.3 Å². The zero-order valence-corrected chi connectivity index (χ0v) is 11.7. The number of hydrogen-bond acceptors (Lipinski definition) is 2. The van der Waals surface area contributed by atoms with Crippen molar-refractivity contribution in [3.05, 3.63) is 24.2 Å². The molecular weight excluding hydrogens is 286 g/mol. The third-order valence-electron chi connectivity index (χ3n) is 1.96. The molecule has 0 aliphatic heterocycles. The lowest BCUT2D eigenvalue weighted by Crippen LogP contribution is -2.99. The molecule has 0 aromatic carbocycles. The second-order valence-electron chi connectivity index (χ2n) is 3.91. The number of carbonyl (C=O) groups excluding carboxylic acids is 1.